The summed E-state index contributed by atoms with van der Waals surface area (Å²) in [4.78, 5) is 0. The molecule has 0 radical (unpaired) electrons. The highest BCUT2D eigenvalue weighted by Crippen LogP contribution is 2.49. The summed E-state index contributed by atoms with van der Waals surface area (Å²) < 4.78 is 0. The smallest absolute Gasteiger partial charge is 0.0657 e. The molecule has 0 bridgehead atoms. The van der Waals surface area contributed by atoms with Gasteiger partial charge < -0.3 is 10.2 Å². The maximum Gasteiger partial charge on any atom is 0.0657 e. The molecule has 0 amide bonds. The molecule has 0 aliphatic heterocycles. The van der Waals surface area contributed by atoms with Crippen LogP contribution in [0.2, 0.25) is 0 Å². The highest BCUT2D eigenvalue weighted by molar-refractivity contribution is 5.19. The van der Waals surface area contributed by atoms with Crippen LogP contribution in [0.1, 0.15) is 66.7 Å². The van der Waals surface area contributed by atoms with E-state index in [9.17, 15) is 10.2 Å². The first-order valence-electron chi connectivity index (χ1n) is 8.94. The summed E-state index contributed by atoms with van der Waals surface area (Å²) in [5.41, 5.74) is 2.00. The second kappa shape index (κ2) is 6.88. The average Bonchev–Trinajstić information content (AvgIpc) is 2.76. The quantitative estimate of drug-likeness (QED) is 0.752. The highest BCUT2D eigenvalue weighted by atomic mass is 16.3. The van der Waals surface area contributed by atoms with Crippen molar-refractivity contribution in [3.63, 3.8) is 0 Å². The van der Waals surface area contributed by atoms with Gasteiger partial charge in [0.15, 0.2) is 0 Å². The fourth-order valence-corrected chi connectivity index (χ4v) is 4.61. The van der Waals surface area contributed by atoms with E-state index in [1.165, 1.54) is 11.1 Å². The minimum Gasteiger partial charge on any atom is -0.392 e. The number of aliphatic hydroxyl groups is 2. The van der Waals surface area contributed by atoms with Crippen LogP contribution < -0.4 is 0 Å². The molecule has 1 fully saturated rings. The van der Waals surface area contributed by atoms with Gasteiger partial charge in [0.2, 0.25) is 0 Å². The van der Waals surface area contributed by atoms with Crippen molar-refractivity contribution in [2.24, 2.45) is 23.7 Å². The van der Waals surface area contributed by atoms with Gasteiger partial charge in [-0.1, -0.05) is 30.2 Å². The van der Waals surface area contributed by atoms with Gasteiger partial charge in [-0.25, -0.2) is 0 Å². The van der Waals surface area contributed by atoms with E-state index in [2.05, 4.69) is 39.8 Å². The third-order valence-electron chi connectivity index (χ3n) is 6.15. The van der Waals surface area contributed by atoms with Crippen molar-refractivity contribution >= 4 is 0 Å². The molecule has 126 valence electrons. The molecular formula is C20H34O2. The molecule has 2 aliphatic rings. The second-order valence-corrected chi connectivity index (χ2v) is 8.20. The van der Waals surface area contributed by atoms with Crippen molar-refractivity contribution in [1.82, 2.24) is 0 Å². The van der Waals surface area contributed by atoms with Crippen molar-refractivity contribution in [2.75, 3.05) is 0 Å². The Bertz CT molecular complexity index is 443. The van der Waals surface area contributed by atoms with Crippen LogP contribution in [0.3, 0.4) is 0 Å². The second-order valence-electron chi connectivity index (χ2n) is 8.20. The molecule has 0 heterocycles. The predicted molar refractivity (Wildman–Crippen MR) is 92.5 cm³/mol. The Hall–Kier alpha value is -0.600. The lowest BCUT2D eigenvalue weighted by molar-refractivity contribution is -0.0344. The number of fused-ring (bicyclic) bond motifs is 1. The average molecular weight is 306 g/mol. The fourth-order valence-electron chi connectivity index (χ4n) is 4.61. The third kappa shape index (κ3) is 3.65. The molecule has 2 nitrogen and oxygen atoms in total. The van der Waals surface area contributed by atoms with Crippen molar-refractivity contribution < 1.29 is 10.2 Å². The van der Waals surface area contributed by atoms with Crippen molar-refractivity contribution in [3.05, 3.63) is 23.3 Å². The van der Waals surface area contributed by atoms with E-state index in [-0.39, 0.29) is 17.9 Å². The Morgan fingerprint density at radius 3 is 2.77 bits per heavy atom. The molecule has 0 spiro atoms. The third-order valence-corrected chi connectivity index (χ3v) is 6.15. The normalized spacial score (nSPS) is 39.7. The lowest BCUT2D eigenvalue weighted by atomic mass is 9.74. The maximum atomic E-state index is 11.0. The minimum absolute atomic E-state index is 0.147. The van der Waals surface area contributed by atoms with Gasteiger partial charge in [-0.15, -0.1) is 0 Å². The summed E-state index contributed by atoms with van der Waals surface area (Å²) in [6.07, 6.45) is 9.08. The first-order valence-corrected chi connectivity index (χ1v) is 8.94. The number of aliphatic hydroxyl groups excluding tert-OH is 1. The molecule has 1 unspecified atom stereocenters. The van der Waals surface area contributed by atoms with Gasteiger partial charge in [0.25, 0.3) is 0 Å². The summed E-state index contributed by atoms with van der Waals surface area (Å²) in [5, 5.41) is 21.9. The van der Waals surface area contributed by atoms with Gasteiger partial charge in [-0.2, -0.15) is 0 Å². The monoisotopic (exact) mass is 306 g/mol. The topological polar surface area (TPSA) is 40.5 Å². The van der Waals surface area contributed by atoms with Crippen molar-refractivity contribution in [3.8, 4) is 0 Å². The molecular weight excluding hydrogens is 272 g/mol. The van der Waals surface area contributed by atoms with Gasteiger partial charge >= 0.3 is 0 Å². The van der Waals surface area contributed by atoms with E-state index in [0.29, 0.717) is 11.8 Å². The Balaban J connectivity index is 2.12. The summed E-state index contributed by atoms with van der Waals surface area (Å²) in [7, 11) is 0. The maximum absolute atomic E-state index is 11.0. The van der Waals surface area contributed by atoms with E-state index in [0.717, 1.165) is 32.1 Å². The molecule has 0 saturated heterocycles. The highest BCUT2D eigenvalue weighted by Gasteiger charge is 2.49. The van der Waals surface area contributed by atoms with E-state index < -0.39 is 5.60 Å². The number of hydrogen-bond donors (Lipinski definition) is 2. The largest absolute Gasteiger partial charge is 0.392 e. The van der Waals surface area contributed by atoms with Crippen LogP contribution in [0.5, 0.6) is 0 Å². The number of allylic oxidation sites excluding steroid dienone is 3. The van der Waals surface area contributed by atoms with Crippen LogP contribution >= 0.6 is 0 Å². The van der Waals surface area contributed by atoms with Crippen LogP contribution in [0.25, 0.3) is 0 Å². The molecule has 0 aromatic rings. The molecule has 22 heavy (non-hydrogen) atoms. The molecule has 6 atom stereocenters. The van der Waals surface area contributed by atoms with Gasteiger partial charge in [0, 0.05) is 5.92 Å². The standard InChI is InChI=1S/C20H34O2/c1-13(2)7-6-8-14(3)16-11-12-20(5,22)17-10-9-15(4)18(17)19(16)21/h7,9,14,16-19,21-22H,6,8,10-12H2,1-5H3/t14?,16-,17+,18+,19+,20-/m0/s1. The molecule has 0 aromatic carbocycles. The molecule has 2 rings (SSSR count). The molecule has 2 N–H and O–H groups in total. The Morgan fingerprint density at radius 2 is 2.14 bits per heavy atom. The van der Waals surface area contributed by atoms with Crippen LogP contribution in [0, 0.1) is 23.7 Å². The summed E-state index contributed by atoms with van der Waals surface area (Å²) >= 11 is 0. The van der Waals surface area contributed by atoms with Crippen LogP contribution in [-0.4, -0.2) is 21.9 Å². The van der Waals surface area contributed by atoms with Crippen LogP contribution in [0.4, 0.5) is 0 Å². The van der Waals surface area contributed by atoms with Crippen molar-refractivity contribution in [2.45, 2.75) is 78.4 Å². The van der Waals surface area contributed by atoms with Crippen LogP contribution in [0.15, 0.2) is 23.3 Å². The minimum atomic E-state index is -0.645. The molecule has 1 saturated carbocycles. The van der Waals surface area contributed by atoms with Crippen molar-refractivity contribution in [1.29, 1.82) is 0 Å². The van der Waals surface area contributed by atoms with Gasteiger partial charge in [-0.05, 0) is 77.6 Å². The lowest BCUT2D eigenvalue weighted by Gasteiger charge is -2.35. The number of hydrogen-bond acceptors (Lipinski definition) is 2. The predicted octanol–water partition coefficient (Wildman–Crippen LogP) is 4.47. The SMILES string of the molecule is CC(C)=CCCC(C)[C@@H]1CC[C@](C)(O)[C@@H]2CC=C(C)[C@H]2[C@@H]1O. The summed E-state index contributed by atoms with van der Waals surface area (Å²) in [5.74, 6) is 1.13. The van der Waals surface area contributed by atoms with Gasteiger partial charge in [0.05, 0.1) is 11.7 Å². The van der Waals surface area contributed by atoms with E-state index in [1.54, 1.807) is 0 Å². The summed E-state index contributed by atoms with van der Waals surface area (Å²) in [6, 6.07) is 0. The zero-order valence-corrected chi connectivity index (χ0v) is 15.0. The lowest BCUT2D eigenvalue weighted by Crippen LogP contribution is -2.40. The molecule has 0 aromatic heterocycles. The van der Waals surface area contributed by atoms with E-state index >= 15 is 0 Å². The molecule has 2 heteroatoms. The fraction of sp³-hybridized carbons (Fsp3) is 0.800. The Kier molecular flexibility index (Phi) is 5.55. The van der Waals surface area contributed by atoms with Crippen LogP contribution in [-0.2, 0) is 0 Å². The van der Waals surface area contributed by atoms with Gasteiger partial charge in [0.1, 0.15) is 0 Å². The Morgan fingerprint density at radius 1 is 1.45 bits per heavy atom. The number of rotatable bonds is 4. The Labute approximate surface area is 136 Å². The first kappa shape index (κ1) is 17.7. The van der Waals surface area contributed by atoms with E-state index in [1.807, 2.05) is 6.92 Å². The summed E-state index contributed by atoms with van der Waals surface area (Å²) in [6.45, 7) is 10.6. The van der Waals surface area contributed by atoms with E-state index in [4.69, 9.17) is 0 Å². The zero-order chi connectivity index (χ0) is 16.5. The molecule has 2 aliphatic carbocycles. The van der Waals surface area contributed by atoms with Gasteiger partial charge in [-0.3, -0.25) is 0 Å². The zero-order valence-electron chi connectivity index (χ0n) is 15.0. The first-order chi connectivity index (χ1) is 10.2.